The van der Waals surface area contributed by atoms with Gasteiger partial charge < -0.3 is 9.30 Å². The number of rotatable bonds is 10. The second-order valence-electron chi connectivity index (χ2n) is 11.6. The van der Waals surface area contributed by atoms with Gasteiger partial charge in [0.25, 0.3) is 10.0 Å². The second kappa shape index (κ2) is 12.4. The van der Waals surface area contributed by atoms with Gasteiger partial charge in [-0.05, 0) is 80.3 Å². The molecule has 0 spiro atoms. The highest BCUT2D eigenvalue weighted by atomic mass is 32.2. The lowest BCUT2D eigenvalue weighted by atomic mass is 9.97. The van der Waals surface area contributed by atoms with Crippen molar-refractivity contribution in [3.8, 4) is 11.1 Å². The normalized spacial score (nSPS) is 11.9. The van der Waals surface area contributed by atoms with E-state index in [0.29, 0.717) is 17.8 Å². The van der Waals surface area contributed by atoms with E-state index in [1.165, 1.54) is 0 Å². The molecule has 0 aliphatic rings. The summed E-state index contributed by atoms with van der Waals surface area (Å²) in [5.74, 6) is 0.526. The van der Waals surface area contributed by atoms with Crippen molar-refractivity contribution in [2.24, 2.45) is 0 Å². The van der Waals surface area contributed by atoms with Crippen molar-refractivity contribution < 1.29 is 17.9 Å². The summed E-state index contributed by atoms with van der Waals surface area (Å²) >= 11 is 0. The molecule has 0 saturated carbocycles. The van der Waals surface area contributed by atoms with E-state index in [-0.39, 0.29) is 10.9 Å². The molecule has 4 aromatic carbocycles. The topological polar surface area (TPSA) is 90.3 Å². The molecule has 8 heteroatoms. The molecule has 5 rings (SSSR count). The number of hydrogen-bond acceptors (Lipinski definition) is 5. The summed E-state index contributed by atoms with van der Waals surface area (Å²) in [5.41, 5.74) is 4.54. The number of ether oxygens (including phenoxy) is 1. The number of aryl methyl sites for hydroxylation is 1. The third kappa shape index (κ3) is 7.14. The monoisotopic (exact) mass is 595 g/mol. The minimum absolute atomic E-state index is 0.195. The fraction of sp³-hybridized carbons (Fsp3) is 0.257. The van der Waals surface area contributed by atoms with E-state index >= 15 is 0 Å². The molecule has 0 aliphatic carbocycles. The molecule has 0 fully saturated rings. The van der Waals surface area contributed by atoms with Crippen LogP contribution in [-0.2, 0) is 27.7 Å². The molecule has 0 bridgehead atoms. The predicted octanol–water partition coefficient (Wildman–Crippen LogP) is 7.85. The van der Waals surface area contributed by atoms with Crippen LogP contribution < -0.4 is 4.72 Å². The van der Waals surface area contributed by atoms with Crippen LogP contribution in [0.5, 0.6) is 0 Å². The number of imidazole rings is 1. The van der Waals surface area contributed by atoms with Gasteiger partial charge in [0.05, 0.1) is 27.2 Å². The Morgan fingerprint density at radius 2 is 1.60 bits per heavy atom. The molecule has 0 saturated heterocycles. The van der Waals surface area contributed by atoms with E-state index in [4.69, 9.17) is 9.72 Å². The minimum Gasteiger partial charge on any atom is -0.456 e. The van der Waals surface area contributed by atoms with Crippen molar-refractivity contribution in [2.75, 3.05) is 4.72 Å². The maximum absolute atomic E-state index is 13.4. The molecular weight excluding hydrogens is 558 g/mol. The summed E-state index contributed by atoms with van der Waals surface area (Å²) in [5, 5.41) is 0. The molecule has 5 aromatic rings. The molecule has 0 unspecified atom stereocenters. The molecule has 1 heterocycles. The summed E-state index contributed by atoms with van der Waals surface area (Å²) in [6.45, 7) is 8.17. The van der Waals surface area contributed by atoms with Crippen molar-refractivity contribution in [2.45, 2.75) is 64.0 Å². The van der Waals surface area contributed by atoms with Gasteiger partial charge in [0.1, 0.15) is 11.4 Å². The maximum Gasteiger partial charge on any atom is 0.339 e. The Labute approximate surface area is 253 Å². The number of carbonyl (C=O) groups excluding carboxylic acids is 1. The van der Waals surface area contributed by atoms with Gasteiger partial charge in [-0.2, -0.15) is 0 Å². The summed E-state index contributed by atoms with van der Waals surface area (Å²) < 4.78 is 36.7. The molecule has 0 radical (unpaired) electrons. The predicted molar refractivity (Wildman–Crippen MR) is 172 cm³/mol. The molecule has 0 amide bonds. The molecule has 1 N–H and O–H groups in total. The summed E-state index contributed by atoms with van der Waals surface area (Å²) in [7, 11) is -3.75. The Bertz CT molecular complexity index is 1840. The summed E-state index contributed by atoms with van der Waals surface area (Å²) in [6, 6.07) is 29.4. The third-order valence-corrected chi connectivity index (χ3v) is 8.41. The first-order chi connectivity index (χ1) is 20.5. The van der Waals surface area contributed by atoms with E-state index < -0.39 is 15.6 Å². The average Bonchev–Trinajstić information content (AvgIpc) is 3.32. The third-order valence-electron chi connectivity index (χ3n) is 7.02. The summed E-state index contributed by atoms with van der Waals surface area (Å²) in [4.78, 5) is 18.5. The van der Waals surface area contributed by atoms with E-state index in [1.54, 1.807) is 36.4 Å². The van der Waals surface area contributed by atoms with Gasteiger partial charge in [0.15, 0.2) is 0 Å². The molecule has 7 nitrogen and oxygen atoms in total. The Morgan fingerprint density at radius 1 is 0.907 bits per heavy atom. The van der Waals surface area contributed by atoms with E-state index in [0.717, 1.165) is 52.8 Å². The largest absolute Gasteiger partial charge is 0.456 e. The number of unbranched alkanes of at least 4 members (excludes halogenated alkanes) is 1. The second-order valence-corrected chi connectivity index (χ2v) is 13.3. The van der Waals surface area contributed by atoms with Crippen LogP contribution >= 0.6 is 0 Å². The number of esters is 1. The van der Waals surface area contributed by atoms with Gasteiger partial charge in [-0.3, -0.25) is 4.72 Å². The van der Waals surface area contributed by atoms with Crippen molar-refractivity contribution in [3.05, 3.63) is 114 Å². The van der Waals surface area contributed by atoms with E-state index in [2.05, 4.69) is 16.2 Å². The van der Waals surface area contributed by atoms with Gasteiger partial charge in [0, 0.05) is 13.0 Å². The van der Waals surface area contributed by atoms with Crippen molar-refractivity contribution in [1.29, 1.82) is 0 Å². The number of nitrogens with one attached hydrogen (secondary N) is 1. The van der Waals surface area contributed by atoms with Crippen LogP contribution in [0.25, 0.3) is 22.2 Å². The van der Waals surface area contributed by atoms with Crippen molar-refractivity contribution in [1.82, 2.24) is 9.55 Å². The van der Waals surface area contributed by atoms with Crippen molar-refractivity contribution >= 4 is 32.7 Å². The zero-order chi connectivity index (χ0) is 30.6. The fourth-order valence-electron chi connectivity index (χ4n) is 5.00. The van der Waals surface area contributed by atoms with Gasteiger partial charge in [-0.15, -0.1) is 0 Å². The Morgan fingerprint density at radius 3 is 2.28 bits per heavy atom. The first-order valence-electron chi connectivity index (χ1n) is 14.5. The average molecular weight is 596 g/mol. The van der Waals surface area contributed by atoms with Gasteiger partial charge in [-0.25, -0.2) is 18.2 Å². The molecular formula is C35H37N3O4S. The van der Waals surface area contributed by atoms with E-state index in [1.807, 2.05) is 81.4 Å². The molecule has 0 atom stereocenters. The van der Waals surface area contributed by atoms with Crippen LogP contribution in [-0.4, -0.2) is 29.5 Å². The molecule has 0 aliphatic heterocycles. The Balaban J connectivity index is 1.56. The molecule has 222 valence electrons. The quantitative estimate of drug-likeness (QED) is 0.166. The molecule has 43 heavy (non-hydrogen) atoms. The van der Waals surface area contributed by atoms with Gasteiger partial charge in [0.2, 0.25) is 0 Å². The Kier molecular flexibility index (Phi) is 8.69. The van der Waals surface area contributed by atoms with Crippen LogP contribution in [0.2, 0.25) is 0 Å². The van der Waals surface area contributed by atoms with Crippen LogP contribution in [0.15, 0.2) is 102 Å². The number of benzene rings is 4. The number of carbonyl (C=O) groups is 1. The number of nitrogens with zero attached hydrogens (tertiary/aromatic N) is 2. The lowest BCUT2D eigenvalue weighted by Crippen LogP contribution is -2.24. The lowest BCUT2D eigenvalue weighted by Gasteiger charge is -2.21. The lowest BCUT2D eigenvalue weighted by molar-refractivity contribution is 0.00702. The highest BCUT2D eigenvalue weighted by molar-refractivity contribution is 7.92. The number of fused-ring (bicyclic) bond motifs is 1. The van der Waals surface area contributed by atoms with Crippen LogP contribution in [0, 0.1) is 0 Å². The van der Waals surface area contributed by atoms with Gasteiger partial charge >= 0.3 is 5.97 Å². The smallest absolute Gasteiger partial charge is 0.339 e. The number of aromatic nitrogens is 2. The maximum atomic E-state index is 13.4. The zero-order valence-electron chi connectivity index (χ0n) is 25.0. The fourth-order valence-corrected chi connectivity index (χ4v) is 6.07. The van der Waals surface area contributed by atoms with Crippen LogP contribution in [0.4, 0.5) is 5.69 Å². The number of hydrogen-bond donors (Lipinski definition) is 1. The molecule has 1 aromatic heterocycles. The van der Waals surface area contributed by atoms with Crippen LogP contribution in [0.3, 0.4) is 0 Å². The first kappa shape index (κ1) is 30.0. The minimum atomic E-state index is -3.75. The highest BCUT2D eigenvalue weighted by Gasteiger charge is 2.22. The van der Waals surface area contributed by atoms with Crippen LogP contribution in [0.1, 0.15) is 62.3 Å². The number of anilines is 1. The zero-order valence-corrected chi connectivity index (χ0v) is 25.8. The SMILES string of the molecule is CCCCc1nc2ccc(NS(=O)(=O)c3ccccc3)cc2n1Cc1ccc(-c2ccccc2)c(C(=O)OC(C)(C)C)c1. The van der Waals surface area contributed by atoms with E-state index in [9.17, 15) is 13.2 Å². The standard InChI is InChI=1S/C35H37N3O4S/c1-5-6-17-33-36-31-21-19-27(37-43(40,41)28-15-11-8-12-16-28)23-32(31)38(33)24-25-18-20-29(26-13-9-7-10-14-26)30(22-25)34(39)42-35(2,3)4/h7-16,18-23,37H,5-6,17,24H2,1-4H3. The number of sulfonamides is 1. The first-order valence-corrected chi connectivity index (χ1v) is 16.0. The van der Waals surface area contributed by atoms with Crippen molar-refractivity contribution in [3.63, 3.8) is 0 Å². The Hall–Kier alpha value is -4.43. The van der Waals surface area contributed by atoms with Gasteiger partial charge in [-0.1, -0.05) is 74.0 Å². The summed E-state index contributed by atoms with van der Waals surface area (Å²) in [6.07, 6.45) is 2.75. The highest BCUT2D eigenvalue weighted by Crippen LogP contribution is 2.29.